The quantitative estimate of drug-likeness (QED) is 0.612. The minimum atomic E-state index is -1.45. The van der Waals surface area contributed by atoms with Crippen LogP contribution in [0.4, 0.5) is 0 Å². The Kier molecular flexibility index (Phi) is 4.23. The van der Waals surface area contributed by atoms with Crippen molar-refractivity contribution < 1.29 is 19.4 Å². The number of hydrogen-bond acceptors (Lipinski definition) is 4. The van der Waals surface area contributed by atoms with Gasteiger partial charge in [-0.25, -0.2) is 4.79 Å². The highest BCUT2D eigenvalue weighted by atomic mass is 16.5. The van der Waals surface area contributed by atoms with Crippen LogP contribution in [0.25, 0.3) is 0 Å². The van der Waals surface area contributed by atoms with Gasteiger partial charge in [0, 0.05) is 17.7 Å². The summed E-state index contributed by atoms with van der Waals surface area (Å²) in [6.45, 7) is 0.573. The molecular weight excluding hydrogens is 222 g/mol. The minimum absolute atomic E-state index is 0.162. The van der Waals surface area contributed by atoms with Gasteiger partial charge in [-0.15, -0.1) is 0 Å². The van der Waals surface area contributed by atoms with Gasteiger partial charge in [-0.05, 0) is 32.3 Å². The van der Waals surface area contributed by atoms with Gasteiger partial charge in [0.1, 0.15) is 5.75 Å². The molecule has 0 aliphatic carbocycles. The van der Waals surface area contributed by atoms with Gasteiger partial charge in [0.25, 0.3) is 5.78 Å². The first-order valence-electron chi connectivity index (χ1n) is 5.05. The van der Waals surface area contributed by atoms with Crippen molar-refractivity contribution in [2.75, 3.05) is 21.2 Å². The third kappa shape index (κ3) is 3.29. The Labute approximate surface area is 99.6 Å². The number of carbonyl (C=O) groups excluding carboxylic acids is 1. The minimum Gasteiger partial charge on any atom is -0.496 e. The first kappa shape index (κ1) is 13.2. The zero-order valence-electron chi connectivity index (χ0n) is 10.1. The van der Waals surface area contributed by atoms with E-state index in [1.54, 1.807) is 12.1 Å². The molecule has 5 nitrogen and oxygen atoms in total. The number of ether oxygens (including phenoxy) is 1. The summed E-state index contributed by atoms with van der Waals surface area (Å²) in [6, 6.07) is 4.61. The highest BCUT2D eigenvalue weighted by Gasteiger charge is 2.16. The molecule has 0 spiro atoms. The first-order chi connectivity index (χ1) is 7.95. The summed E-state index contributed by atoms with van der Waals surface area (Å²) >= 11 is 0. The van der Waals surface area contributed by atoms with E-state index < -0.39 is 11.8 Å². The van der Waals surface area contributed by atoms with Crippen LogP contribution in [-0.4, -0.2) is 43.0 Å². The van der Waals surface area contributed by atoms with Crippen molar-refractivity contribution in [3.63, 3.8) is 0 Å². The van der Waals surface area contributed by atoms with Crippen molar-refractivity contribution in [1.82, 2.24) is 4.90 Å². The van der Waals surface area contributed by atoms with E-state index in [0.29, 0.717) is 12.3 Å². The second kappa shape index (κ2) is 5.45. The SMILES string of the molecule is COc1ccc(C(=O)C(=O)O)cc1CN(C)C. The lowest BCUT2D eigenvalue weighted by molar-refractivity contribution is -0.131. The fourth-order valence-electron chi connectivity index (χ4n) is 1.51. The molecule has 0 aliphatic rings. The molecule has 1 aromatic rings. The lowest BCUT2D eigenvalue weighted by Crippen LogP contribution is -2.15. The van der Waals surface area contributed by atoms with Gasteiger partial charge in [0.2, 0.25) is 0 Å². The Morgan fingerprint density at radius 2 is 2.00 bits per heavy atom. The molecule has 5 heteroatoms. The average Bonchev–Trinajstić information content (AvgIpc) is 2.27. The third-order valence-corrected chi connectivity index (χ3v) is 2.22. The van der Waals surface area contributed by atoms with Crippen molar-refractivity contribution in [2.45, 2.75) is 6.54 Å². The molecule has 0 aliphatic heterocycles. The van der Waals surface area contributed by atoms with Crippen LogP contribution in [-0.2, 0) is 11.3 Å². The van der Waals surface area contributed by atoms with Crippen LogP contribution in [0.1, 0.15) is 15.9 Å². The topological polar surface area (TPSA) is 66.8 Å². The van der Waals surface area contributed by atoms with E-state index in [1.165, 1.54) is 13.2 Å². The van der Waals surface area contributed by atoms with Crippen LogP contribution in [0.15, 0.2) is 18.2 Å². The van der Waals surface area contributed by atoms with Crippen LogP contribution < -0.4 is 4.74 Å². The third-order valence-electron chi connectivity index (χ3n) is 2.22. The van der Waals surface area contributed by atoms with Gasteiger partial charge in [-0.1, -0.05) is 0 Å². The van der Waals surface area contributed by atoms with Crippen LogP contribution in [0.3, 0.4) is 0 Å². The smallest absolute Gasteiger partial charge is 0.377 e. The molecule has 1 rings (SSSR count). The van der Waals surface area contributed by atoms with E-state index in [-0.39, 0.29) is 5.56 Å². The predicted molar refractivity (Wildman–Crippen MR) is 62.4 cm³/mol. The maximum atomic E-state index is 11.3. The molecule has 0 amide bonds. The van der Waals surface area contributed by atoms with Crippen LogP contribution in [0.5, 0.6) is 5.75 Å². The van der Waals surface area contributed by atoms with Gasteiger partial charge < -0.3 is 14.7 Å². The van der Waals surface area contributed by atoms with Crippen molar-refractivity contribution in [2.24, 2.45) is 0 Å². The molecule has 0 heterocycles. The van der Waals surface area contributed by atoms with Crippen LogP contribution in [0.2, 0.25) is 0 Å². The zero-order valence-corrected chi connectivity index (χ0v) is 10.1. The number of rotatable bonds is 5. The molecule has 0 unspecified atom stereocenters. The number of aliphatic carboxylic acids is 1. The summed E-state index contributed by atoms with van der Waals surface area (Å²) in [4.78, 5) is 23.8. The number of ketones is 1. The van der Waals surface area contributed by atoms with E-state index in [2.05, 4.69) is 0 Å². The van der Waals surface area contributed by atoms with E-state index in [0.717, 1.165) is 5.56 Å². The number of Topliss-reactive ketones (excluding diaryl/α,β-unsaturated/α-hetero) is 1. The van der Waals surface area contributed by atoms with Gasteiger partial charge in [-0.3, -0.25) is 4.79 Å². The molecule has 0 fully saturated rings. The number of carboxylic acids is 1. The highest BCUT2D eigenvalue weighted by molar-refractivity contribution is 6.39. The standard InChI is InChI=1S/C12H15NO4/c1-13(2)7-9-6-8(11(14)12(15)16)4-5-10(9)17-3/h4-6H,7H2,1-3H3,(H,15,16). The predicted octanol–water partition coefficient (Wildman–Crippen LogP) is 1.02. The van der Waals surface area contributed by atoms with E-state index >= 15 is 0 Å². The van der Waals surface area contributed by atoms with Gasteiger partial charge in [0.15, 0.2) is 0 Å². The summed E-state index contributed by atoms with van der Waals surface area (Å²) in [5, 5.41) is 8.64. The zero-order chi connectivity index (χ0) is 13.0. The molecule has 0 atom stereocenters. The van der Waals surface area contributed by atoms with E-state index in [9.17, 15) is 9.59 Å². The molecule has 0 saturated carbocycles. The number of methoxy groups -OCH3 is 1. The molecule has 1 N–H and O–H groups in total. The fraction of sp³-hybridized carbons (Fsp3) is 0.333. The lowest BCUT2D eigenvalue weighted by Gasteiger charge is -2.14. The Morgan fingerprint density at radius 1 is 1.35 bits per heavy atom. The first-order valence-corrected chi connectivity index (χ1v) is 5.05. The number of carbonyl (C=O) groups is 2. The maximum Gasteiger partial charge on any atom is 0.377 e. The van der Waals surface area contributed by atoms with Crippen molar-refractivity contribution >= 4 is 11.8 Å². The number of hydrogen-bond donors (Lipinski definition) is 1. The van der Waals surface area contributed by atoms with Crippen molar-refractivity contribution in [3.8, 4) is 5.75 Å². The second-order valence-electron chi connectivity index (χ2n) is 3.90. The molecule has 0 aromatic heterocycles. The summed E-state index contributed by atoms with van der Waals surface area (Å²) in [7, 11) is 5.30. The monoisotopic (exact) mass is 237 g/mol. The Bertz CT molecular complexity index is 440. The second-order valence-corrected chi connectivity index (χ2v) is 3.90. The lowest BCUT2D eigenvalue weighted by atomic mass is 10.1. The Hall–Kier alpha value is -1.88. The molecule has 17 heavy (non-hydrogen) atoms. The number of benzene rings is 1. The van der Waals surface area contributed by atoms with Gasteiger partial charge in [0.05, 0.1) is 7.11 Å². The van der Waals surface area contributed by atoms with E-state index in [4.69, 9.17) is 9.84 Å². The van der Waals surface area contributed by atoms with Crippen molar-refractivity contribution in [1.29, 1.82) is 0 Å². The highest BCUT2D eigenvalue weighted by Crippen LogP contribution is 2.21. The van der Waals surface area contributed by atoms with Crippen LogP contribution in [0, 0.1) is 0 Å². The number of nitrogens with zero attached hydrogens (tertiary/aromatic N) is 1. The Balaban J connectivity index is 3.12. The largest absolute Gasteiger partial charge is 0.496 e. The normalized spacial score (nSPS) is 10.4. The molecular formula is C12H15NO4. The summed E-state index contributed by atoms with van der Waals surface area (Å²) in [5.74, 6) is -1.72. The molecule has 0 saturated heterocycles. The Morgan fingerprint density at radius 3 is 2.47 bits per heavy atom. The van der Waals surface area contributed by atoms with Gasteiger partial charge in [-0.2, -0.15) is 0 Å². The van der Waals surface area contributed by atoms with E-state index in [1.807, 2.05) is 19.0 Å². The van der Waals surface area contributed by atoms with Gasteiger partial charge >= 0.3 is 5.97 Å². The molecule has 92 valence electrons. The molecule has 0 bridgehead atoms. The summed E-state index contributed by atoms with van der Waals surface area (Å²) < 4.78 is 5.16. The number of carboxylic acid groups (broad SMARTS) is 1. The van der Waals surface area contributed by atoms with Crippen molar-refractivity contribution in [3.05, 3.63) is 29.3 Å². The molecule has 0 radical (unpaired) electrons. The fourth-order valence-corrected chi connectivity index (χ4v) is 1.51. The molecule has 1 aromatic carbocycles. The average molecular weight is 237 g/mol. The summed E-state index contributed by atoms with van der Waals surface area (Å²) in [6.07, 6.45) is 0. The van der Waals surface area contributed by atoms with Crippen LogP contribution >= 0.6 is 0 Å². The maximum absolute atomic E-state index is 11.3. The summed E-state index contributed by atoms with van der Waals surface area (Å²) in [5.41, 5.74) is 0.944.